The molecule has 34 heavy (non-hydrogen) atoms. The van der Waals surface area contributed by atoms with E-state index in [1.165, 1.54) is 6.07 Å². The molecule has 0 N–H and O–H groups in total. The molecule has 1 heterocycles. The van der Waals surface area contributed by atoms with Gasteiger partial charge in [-0.25, -0.2) is 9.37 Å². The van der Waals surface area contributed by atoms with E-state index >= 15 is 0 Å². The van der Waals surface area contributed by atoms with Crippen LogP contribution in [0, 0.1) is 5.82 Å². The van der Waals surface area contributed by atoms with Crippen LogP contribution in [-0.4, -0.2) is 44.3 Å². The van der Waals surface area contributed by atoms with Crippen LogP contribution in [0.4, 0.5) is 4.39 Å². The monoisotopic (exact) mass is 519 g/mol. The highest BCUT2D eigenvalue weighted by atomic mass is 79.9. The SMILES string of the molecule is COc1nc2ccc(Br)cc2cc1C(/C(=C/C[N+](C)(C)C)c1cccc(F)c1)c1ccccc1. The summed E-state index contributed by atoms with van der Waals surface area (Å²) in [4.78, 5) is 4.84. The molecule has 0 radical (unpaired) electrons. The Hall–Kier alpha value is -3.02. The van der Waals surface area contributed by atoms with Crippen LogP contribution in [0.15, 0.2) is 89.4 Å². The smallest absolute Gasteiger partial charge is 0.217 e. The van der Waals surface area contributed by atoms with E-state index in [9.17, 15) is 4.39 Å². The first-order valence-electron chi connectivity index (χ1n) is 11.2. The largest absolute Gasteiger partial charge is 0.481 e. The van der Waals surface area contributed by atoms with Crippen LogP contribution in [0.25, 0.3) is 16.5 Å². The van der Waals surface area contributed by atoms with Crippen molar-refractivity contribution in [2.75, 3.05) is 34.8 Å². The molecule has 0 saturated carbocycles. The van der Waals surface area contributed by atoms with Crippen LogP contribution in [0.5, 0.6) is 5.88 Å². The van der Waals surface area contributed by atoms with E-state index in [1.807, 2.05) is 36.4 Å². The van der Waals surface area contributed by atoms with Gasteiger partial charge in [0.2, 0.25) is 5.88 Å². The summed E-state index contributed by atoms with van der Waals surface area (Å²) in [6, 6.07) is 25.2. The fourth-order valence-electron chi connectivity index (χ4n) is 4.13. The quantitative estimate of drug-likeness (QED) is 0.243. The van der Waals surface area contributed by atoms with Gasteiger partial charge in [-0.05, 0) is 59.2 Å². The Kier molecular flexibility index (Phi) is 7.15. The van der Waals surface area contributed by atoms with E-state index in [-0.39, 0.29) is 11.7 Å². The number of rotatable bonds is 7. The van der Waals surface area contributed by atoms with E-state index in [4.69, 9.17) is 9.72 Å². The van der Waals surface area contributed by atoms with Gasteiger partial charge in [0.05, 0.1) is 40.3 Å². The number of halogens is 2. The van der Waals surface area contributed by atoms with Gasteiger partial charge < -0.3 is 9.22 Å². The van der Waals surface area contributed by atoms with Crippen LogP contribution in [-0.2, 0) is 0 Å². The first kappa shape index (κ1) is 24.1. The maximum absolute atomic E-state index is 14.4. The summed E-state index contributed by atoms with van der Waals surface area (Å²) in [7, 11) is 8.09. The second kappa shape index (κ2) is 10.1. The second-order valence-electron chi connectivity index (χ2n) is 9.41. The number of benzene rings is 3. The minimum atomic E-state index is -0.256. The number of pyridine rings is 1. The van der Waals surface area contributed by atoms with Gasteiger partial charge in [-0.15, -0.1) is 0 Å². The zero-order valence-corrected chi connectivity index (χ0v) is 21.5. The molecule has 0 spiro atoms. The number of nitrogens with zero attached hydrogens (tertiary/aromatic N) is 2. The lowest BCUT2D eigenvalue weighted by atomic mass is 9.81. The fourth-order valence-corrected chi connectivity index (χ4v) is 4.51. The number of aromatic nitrogens is 1. The van der Waals surface area contributed by atoms with Crippen molar-refractivity contribution in [2.45, 2.75) is 5.92 Å². The predicted molar refractivity (Wildman–Crippen MR) is 142 cm³/mol. The van der Waals surface area contributed by atoms with Crippen molar-refractivity contribution in [1.82, 2.24) is 4.98 Å². The lowest BCUT2D eigenvalue weighted by Crippen LogP contribution is -2.34. The van der Waals surface area contributed by atoms with Crippen molar-refractivity contribution < 1.29 is 13.6 Å². The van der Waals surface area contributed by atoms with Crippen LogP contribution in [0.3, 0.4) is 0 Å². The molecule has 5 heteroatoms. The number of hydrogen-bond donors (Lipinski definition) is 0. The molecular weight excluding hydrogens is 491 g/mol. The normalized spacial score (nSPS) is 13.2. The number of methoxy groups -OCH3 is 1. The highest BCUT2D eigenvalue weighted by Crippen LogP contribution is 2.42. The van der Waals surface area contributed by atoms with Gasteiger partial charge in [0.15, 0.2) is 0 Å². The third kappa shape index (κ3) is 5.54. The van der Waals surface area contributed by atoms with Crippen molar-refractivity contribution in [3.05, 3.63) is 112 Å². The average Bonchev–Trinajstić information content (AvgIpc) is 2.81. The van der Waals surface area contributed by atoms with Crippen molar-refractivity contribution in [2.24, 2.45) is 0 Å². The fraction of sp³-hybridized carbons (Fsp3) is 0.207. The molecule has 3 nitrogen and oxygen atoms in total. The highest BCUT2D eigenvalue weighted by Gasteiger charge is 2.26. The summed E-state index contributed by atoms with van der Waals surface area (Å²) in [5, 5.41) is 1.01. The minimum Gasteiger partial charge on any atom is -0.481 e. The predicted octanol–water partition coefficient (Wildman–Crippen LogP) is 7.07. The van der Waals surface area contributed by atoms with Gasteiger partial charge in [0, 0.05) is 21.3 Å². The van der Waals surface area contributed by atoms with Crippen LogP contribution >= 0.6 is 15.9 Å². The first-order valence-corrected chi connectivity index (χ1v) is 12.0. The topological polar surface area (TPSA) is 22.1 Å². The van der Waals surface area contributed by atoms with Gasteiger partial charge in [-0.3, -0.25) is 0 Å². The van der Waals surface area contributed by atoms with Crippen molar-refractivity contribution in [1.29, 1.82) is 0 Å². The van der Waals surface area contributed by atoms with Crippen molar-refractivity contribution in [3.8, 4) is 5.88 Å². The Morgan fingerprint density at radius 2 is 1.76 bits per heavy atom. The Labute approximate surface area is 209 Å². The van der Waals surface area contributed by atoms with Crippen molar-refractivity contribution >= 4 is 32.4 Å². The first-order chi connectivity index (χ1) is 16.2. The van der Waals surface area contributed by atoms with E-state index in [2.05, 4.69) is 67.4 Å². The van der Waals surface area contributed by atoms with Gasteiger partial charge in [0.25, 0.3) is 0 Å². The summed E-state index contributed by atoms with van der Waals surface area (Å²) in [5.74, 6) is 0.115. The van der Waals surface area contributed by atoms with Crippen LogP contribution in [0.1, 0.15) is 22.6 Å². The lowest BCUT2D eigenvalue weighted by Gasteiger charge is -2.27. The molecular formula is C29H29BrFN2O+. The Morgan fingerprint density at radius 1 is 1.00 bits per heavy atom. The standard InChI is InChI=1S/C29H29BrFN2O/c1-33(2,3)16-15-25(21-11-8-12-24(31)18-21)28(20-9-6-5-7-10-20)26-19-22-17-23(30)13-14-27(22)32-29(26)34-4/h5-15,17-19,28H,16H2,1-4H3/q+1/b25-15+. The number of allylic oxidation sites excluding steroid dienone is 1. The van der Waals surface area contributed by atoms with Gasteiger partial charge >= 0.3 is 0 Å². The molecule has 0 saturated heterocycles. The number of hydrogen-bond acceptors (Lipinski definition) is 2. The lowest BCUT2D eigenvalue weighted by molar-refractivity contribution is -0.864. The third-order valence-corrected chi connectivity index (χ3v) is 6.23. The maximum Gasteiger partial charge on any atom is 0.217 e. The van der Waals surface area contributed by atoms with Gasteiger partial charge in [-0.1, -0.05) is 58.4 Å². The Balaban J connectivity index is 2.02. The van der Waals surface area contributed by atoms with E-state index in [0.29, 0.717) is 5.88 Å². The van der Waals surface area contributed by atoms with Crippen LogP contribution in [0.2, 0.25) is 0 Å². The van der Waals surface area contributed by atoms with Crippen LogP contribution < -0.4 is 4.74 Å². The molecule has 0 fully saturated rings. The van der Waals surface area contributed by atoms with Gasteiger partial charge in [0.1, 0.15) is 5.82 Å². The average molecular weight is 520 g/mol. The summed E-state index contributed by atoms with van der Waals surface area (Å²) in [5.41, 5.74) is 4.76. The molecule has 1 unspecified atom stereocenters. The molecule has 0 aliphatic rings. The number of quaternary nitrogens is 1. The highest BCUT2D eigenvalue weighted by molar-refractivity contribution is 9.10. The summed E-state index contributed by atoms with van der Waals surface area (Å²) in [6.45, 7) is 0.782. The summed E-state index contributed by atoms with van der Waals surface area (Å²) < 4.78 is 21.9. The summed E-state index contributed by atoms with van der Waals surface area (Å²) in [6.07, 6.45) is 2.22. The Morgan fingerprint density at radius 3 is 2.44 bits per heavy atom. The summed E-state index contributed by atoms with van der Waals surface area (Å²) >= 11 is 3.58. The molecule has 4 rings (SSSR count). The zero-order valence-electron chi connectivity index (χ0n) is 19.9. The molecule has 3 aromatic carbocycles. The van der Waals surface area contributed by atoms with E-state index in [0.717, 1.165) is 48.7 Å². The number of likely N-dealkylation sites (N-methyl/N-ethyl adjacent to an activating group) is 1. The number of fused-ring (bicyclic) bond motifs is 1. The van der Waals surface area contributed by atoms with E-state index in [1.54, 1.807) is 19.2 Å². The molecule has 1 aromatic heterocycles. The van der Waals surface area contributed by atoms with Gasteiger partial charge in [-0.2, -0.15) is 0 Å². The molecule has 0 aliphatic carbocycles. The molecule has 1 atom stereocenters. The molecule has 174 valence electrons. The molecule has 4 aromatic rings. The Bertz CT molecular complexity index is 1330. The third-order valence-electron chi connectivity index (χ3n) is 5.73. The van der Waals surface area contributed by atoms with E-state index < -0.39 is 0 Å². The molecule has 0 amide bonds. The zero-order chi connectivity index (χ0) is 24.3. The number of ether oxygens (including phenoxy) is 1. The molecule has 0 aliphatic heterocycles. The maximum atomic E-state index is 14.4. The van der Waals surface area contributed by atoms with Crippen molar-refractivity contribution in [3.63, 3.8) is 0 Å². The molecule has 0 bridgehead atoms. The minimum absolute atomic E-state index is 0.194. The second-order valence-corrected chi connectivity index (χ2v) is 10.3.